The Morgan fingerprint density at radius 1 is 1.69 bits per heavy atom. The Labute approximate surface area is 96.1 Å². The van der Waals surface area contributed by atoms with Gasteiger partial charge in [-0.15, -0.1) is 11.8 Å². The van der Waals surface area contributed by atoms with Gasteiger partial charge in [0.25, 0.3) is 0 Å². The number of anilines is 1. The molecule has 1 unspecified atom stereocenters. The summed E-state index contributed by atoms with van der Waals surface area (Å²) < 4.78 is 1.43. The minimum absolute atomic E-state index is 0.0977. The fourth-order valence-corrected chi connectivity index (χ4v) is 3.08. The van der Waals surface area contributed by atoms with Gasteiger partial charge in [0.15, 0.2) is 0 Å². The summed E-state index contributed by atoms with van der Waals surface area (Å²) in [7, 11) is 0. The van der Waals surface area contributed by atoms with Gasteiger partial charge in [0, 0.05) is 12.6 Å². The second-order valence-electron chi connectivity index (χ2n) is 3.66. The molecule has 0 spiro atoms. The van der Waals surface area contributed by atoms with Crippen molar-refractivity contribution in [3.63, 3.8) is 0 Å². The number of aromatic nitrogens is 2. The zero-order chi connectivity index (χ0) is 11.7. The average Bonchev–Trinajstić information content (AvgIpc) is 2.59. The number of thioether (sulfide) groups is 1. The molecule has 4 N–H and O–H groups in total. The molecule has 0 amide bonds. The Bertz CT molecular complexity index is 436. The molecule has 0 saturated carbocycles. The van der Waals surface area contributed by atoms with E-state index in [2.05, 4.69) is 4.98 Å². The Morgan fingerprint density at radius 3 is 3.00 bits per heavy atom. The molecule has 1 aliphatic rings. The molecular formula is C9H13N3O3S. The highest BCUT2D eigenvalue weighted by atomic mass is 32.2. The summed E-state index contributed by atoms with van der Waals surface area (Å²) in [5.41, 5.74) is 4.96. The lowest BCUT2D eigenvalue weighted by Gasteiger charge is -2.12. The van der Waals surface area contributed by atoms with E-state index < -0.39 is 11.8 Å². The molecule has 0 aromatic carbocycles. The summed E-state index contributed by atoms with van der Waals surface area (Å²) in [6.07, 6.45) is 1.40. The molecule has 2 rings (SSSR count). The Balaban J connectivity index is 2.23. The summed E-state index contributed by atoms with van der Waals surface area (Å²) in [6.45, 7) is -0.0977. The van der Waals surface area contributed by atoms with Crippen molar-refractivity contribution in [1.82, 2.24) is 9.55 Å². The minimum Gasteiger partial charge on any atom is -0.395 e. The Morgan fingerprint density at radius 2 is 2.44 bits per heavy atom. The van der Waals surface area contributed by atoms with Crippen molar-refractivity contribution in [1.29, 1.82) is 0 Å². The van der Waals surface area contributed by atoms with Crippen LogP contribution in [0.25, 0.3) is 0 Å². The van der Waals surface area contributed by atoms with Crippen molar-refractivity contribution in [3.05, 3.63) is 22.7 Å². The molecule has 0 radical (unpaired) electrons. The van der Waals surface area contributed by atoms with Crippen LogP contribution in [-0.2, 0) is 0 Å². The van der Waals surface area contributed by atoms with Gasteiger partial charge in [-0.25, -0.2) is 4.79 Å². The van der Waals surface area contributed by atoms with Crippen molar-refractivity contribution in [2.24, 2.45) is 0 Å². The molecule has 1 aliphatic heterocycles. The maximum atomic E-state index is 11.5. The molecule has 1 fully saturated rings. The van der Waals surface area contributed by atoms with E-state index in [0.29, 0.717) is 6.42 Å². The summed E-state index contributed by atoms with van der Waals surface area (Å²) in [5, 5.41) is 18.2. The molecule has 3 atom stereocenters. The average molecular weight is 243 g/mol. The molecule has 88 valence electrons. The number of hydrogen-bond donors (Lipinski definition) is 3. The molecule has 16 heavy (non-hydrogen) atoms. The van der Waals surface area contributed by atoms with Crippen LogP contribution in [0.5, 0.6) is 0 Å². The van der Waals surface area contributed by atoms with Gasteiger partial charge in [0.05, 0.1) is 23.3 Å². The third-order valence-corrected chi connectivity index (χ3v) is 4.09. The van der Waals surface area contributed by atoms with E-state index in [1.54, 1.807) is 12.3 Å². The second-order valence-corrected chi connectivity index (χ2v) is 5.08. The van der Waals surface area contributed by atoms with Gasteiger partial charge in [-0.2, -0.15) is 4.98 Å². The van der Waals surface area contributed by atoms with Gasteiger partial charge in [-0.3, -0.25) is 4.57 Å². The van der Waals surface area contributed by atoms with Gasteiger partial charge >= 0.3 is 5.69 Å². The topological polar surface area (TPSA) is 101 Å². The van der Waals surface area contributed by atoms with Gasteiger partial charge in [-0.05, 0) is 6.07 Å². The van der Waals surface area contributed by atoms with Crippen LogP contribution in [0.4, 0.5) is 5.82 Å². The summed E-state index contributed by atoms with van der Waals surface area (Å²) in [5.74, 6) is 0.184. The normalized spacial score (nSPS) is 29.5. The Hall–Kier alpha value is -1.05. The first-order valence-corrected chi connectivity index (χ1v) is 5.85. The molecule has 2 heterocycles. The predicted molar refractivity (Wildman–Crippen MR) is 61.0 cm³/mol. The van der Waals surface area contributed by atoms with E-state index in [9.17, 15) is 9.90 Å². The highest BCUT2D eigenvalue weighted by Gasteiger charge is 2.34. The molecule has 6 nitrogen and oxygen atoms in total. The molecule has 1 saturated heterocycles. The van der Waals surface area contributed by atoms with Crippen molar-refractivity contribution < 1.29 is 10.2 Å². The van der Waals surface area contributed by atoms with Crippen molar-refractivity contribution in [3.8, 4) is 0 Å². The highest BCUT2D eigenvalue weighted by Crippen LogP contribution is 2.40. The number of nitrogens with two attached hydrogens (primary N) is 1. The van der Waals surface area contributed by atoms with E-state index in [4.69, 9.17) is 10.8 Å². The van der Waals surface area contributed by atoms with Crippen LogP contribution < -0.4 is 11.4 Å². The fraction of sp³-hybridized carbons (Fsp3) is 0.556. The third kappa shape index (κ3) is 2.06. The smallest absolute Gasteiger partial charge is 0.350 e. The number of rotatable bonds is 2. The van der Waals surface area contributed by atoms with Gasteiger partial charge in [0.2, 0.25) is 0 Å². The molecule has 1 aromatic rings. The largest absolute Gasteiger partial charge is 0.395 e. The molecule has 0 bridgehead atoms. The lowest BCUT2D eigenvalue weighted by molar-refractivity contribution is 0.137. The molecular weight excluding hydrogens is 230 g/mol. The van der Waals surface area contributed by atoms with E-state index in [0.717, 1.165) is 0 Å². The SMILES string of the molecule is Nc1ccn([C@H]2CC(O)[C@@H](CO)S2)c(=O)n1. The maximum Gasteiger partial charge on any atom is 0.350 e. The van der Waals surface area contributed by atoms with E-state index in [-0.39, 0.29) is 23.0 Å². The number of aliphatic hydroxyl groups excluding tert-OH is 2. The minimum atomic E-state index is -0.593. The second kappa shape index (κ2) is 4.44. The van der Waals surface area contributed by atoms with Crippen LogP contribution in [0.1, 0.15) is 11.8 Å². The Kier molecular flexibility index (Phi) is 3.17. The molecule has 7 heteroatoms. The van der Waals surface area contributed by atoms with E-state index >= 15 is 0 Å². The number of aliphatic hydroxyl groups is 2. The first kappa shape index (κ1) is 11.4. The summed E-state index contributed by atoms with van der Waals surface area (Å²) in [6, 6.07) is 1.54. The van der Waals surface area contributed by atoms with Crippen LogP contribution in [0.2, 0.25) is 0 Å². The van der Waals surface area contributed by atoms with Gasteiger partial charge in [0.1, 0.15) is 5.82 Å². The van der Waals surface area contributed by atoms with Crippen molar-refractivity contribution in [2.45, 2.75) is 23.1 Å². The van der Waals surface area contributed by atoms with E-state index in [1.807, 2.05) is 0 Å². The van der Waals surface area contributed by atoms with Crippen LogP contribution in [0.3, 0.4) is 0 Å². The maximum absolute atomic E-state index is 11.5. The number of hydrogen-bond acceptors (Lipinski definition) is 6. The molecule has 0 aliphatic carbocycles. The van der Waals surface area contributed by atoms with Crippen LogP contribution in [0, 0.1) is 0 Å². The van der Waals surface area contributed by atoms with Crippen LogP contribution in [0.15, 0.2) is 17.1 Å². The van der Waals surface area contributed by atoms with Gasteiger partial charge in [-0.1, -0.05) is 0 Å². The van der Waals surface area contributed by atoms with Crippen molar-refractivity contribution in [2.75, 3.05) is 12.3 Å². The first-order valence-electron chi connectivity index (χ1n) is 4.91. The standard InChI is InChI=1S/C9H13N3O3S/c10-7-1-2-12(9(15)11-7)8-3-5(14)6(4-13)16-8/h1-2,5-6,8,13-14H,3-4H2,(H2,10,11,15)/t5?,6-,8-/m1/s1. The summed E-state index contributed by atoms with van der Waals surface area (Å²) >= 11 is 1.37. The first-order chi connectivity index (χ1) is 7.61. The quantitative estimate of drug-likeness (QED) is 0.627. The van der Waals surface area contributed by atoms with Gasteiger partial charge < -0.3 is 15.9 Å². The van der Waals surface area contributed by atoms with Crippen LogP contribution in [-0.4, -0.2) is 37.7 Å². The van der Waals surface area contributed by atoms with Crippen molar-refractivity contribution >= 4 is 17.6 Å². The lowest BCUT2D eigenvalue weighted by Crippen LogP contribution is -2.25. The molecule has 1 aromatic heterocycles. The highest BCUT2D eigenvalue weighted by molar-refractivity contribution is 8.00. The van der Waals surface area contributed by atoms with Crippen LogP contribution >= 0.6 is 11.8 Å². The zero-order valence-electron chi connectivity index (χ0n) is 8.48. The number of nitrogens with zero attached hydrogens (tertiary/aromatic N) is 2. The third-order valence-electron chi connectivity index (χ3n) is 2.55. The predicted octanol–water partition coefficient (Wildman–Crippen LogP) is -0.817. The monoisotopic (exact) mass is 243 g/mol. The fourth-order valence-electron chi connectivity index (χ4n) is 1.70. The number of nitrogen functional groups attached to an aromatic ring is 1. The van der Waals surface area contributed by atoms with E-state index in [1.165, 1.54) is 16.3 Å². The lowest BCUT2D eigenvalue weighted by atomic mass is 10.2. The summed E-state index contributed by atoms with van der Waals surface area (Å²) in [4.78, 5) is 15.2. The zero-order valence-corrected chi connectivity index (χ0v) is 9.30.